The molecule has 0 rings (SSSR count). The van der Waals surface area contributed by atoms with Crippen molar-refractivity contribution in [3.05, 3.63) is 0 Å². The molecular weight excluding hydrogens is 80.0 g/mol. The summed E-state index contributed by atoms with van der Waals surface area (Å²) < 4.78 is 4.25. The third-order valence-electron chi connectivity index (χ3n) is 0. The first-order valence-electron chi connectivity index (χ1n) is 1.26. The summed E-state index contributed by atoms with van der Waals surface area (Å²) in [6.07, 6.45) is 0. The zero-order valence-corrected chi connectivity index (χ0v) is 3.86. The number of ether oxygens (including phenoxy) is 1. The summed E-state index contributed by atoms with van der Waals surface area (Å²) in [6, 6.07) is 0. The van der Waals surface area contributed by atoms with Crippen LogP contribution in [0.5, 0.6) is 0 Å². The van der Waals surface area contributed by atoms with Gasteiger partial charge in [0.15, 0.2) is 0 Å². The molecule has 0 aliphatic heterocycles. The lowest BCUT2D eigenvalue weighted by Gasteiger charge is -1.61. The van der Waals surface area contributed by atoms with Crippen molar-refractivity contribution in [2.75, 3.05) is 21.3 Å². The van der Waals surface area contributed by atoms with Crippen LogP contribution in [0.4, 0.5) is 0 Å². The number of hydrogen-bond donors (Lipinski definition) is 1. The van der Waals surface area contributed by atoms with Crippen LogP contribution in [0, 0.1) is 0 Å². The molecule has 0 fully saturated rings. The third kappa shape index (κ3) is 5220. The molecule has 0 aromatic carbocycles. The van der Waals surface area contributed by atoms with Crippen LogP contribution < -0.4 is 0 Å². The Hall–Kier alpha value is -0.0800. The van der Waals surface area contributed by atoms with Crippen LogP contribution in [0.2, 0.25) is 0 Å². The molecule has 0 spiro atoms. The fourth-order valence-electron chi connectivity index (χ4n) is 0. The summed E-state index contributed by atoms with van der Waals surface area (Å²) in [6.45, 7) is 0. The predicted octanol–water partition coefficient (Wildman–Crippen LogP) is 0.753. The van der Waals surface area contributed by atoms with Crippen molar-refractivity contribution in [3.8, 4) is 0 Å². The first-order valence-corrected chi connectivity index (χ1v) is 1.26. The minimum Gasteiger partial charge on any atom is -0.400 e. The van der Waals surface area contributed by atoms with E-state index in [4.69, 9.17) is 5.11 Å². The topological polar surface area (TPSA) is 29.5 Å². The van der Waals surface area contributed by atoms with Gasteiger partial charge in [0.05, 0.1) is 0 Å². The van der Waals surface area contributed by atoms with Gasteiger partial charge < -0.3 is 9.84 Å². The Morgan fingerprint density at radius 1 is 1.33 bits per heavy atom. The first kappa shape index (κ1) is 16.8. The van der Waals surface area contributed by atoms with Crippen molar-refractivity contribution in [1.29, 1.82) is 0 Å². The van der Waals surface area contributed by atoms with Crippen LogP contribution in [0.3, 0.4) is 0 Å². The molecule has 0 unspecified atom stereocenters. The van der Waals surface area contributed by atoms with Gasteiger partial charge in [0.25, 0.3) is 0 Å². The van der Waals surface area contributed by atoms with E-state index in [0.717, 1.165) is 7.11 Å². The molecule has 0 aromatic rings. The molecule has 0 saturated heterocycles. The van der Waals surface area contributed by atoms with Gasteiger partial charge >= 0.3 is 0 Å². The molecule has 0 radical (unpaired) electrons. The summed E-state index contributed by atoms with van der Waals surface area (Å²) in [4.78, 5) is 0. The van der Waals surface area contributed by atoms with Gasteiger partial charge in [-0.3, -0.25) is 0 Å². The Bertz CT molecular complexity index is 9.65. The lowest BCUT2D eigenvalue weighted by atomic mass is 11.6. The zero-order chi connectivity index (χ0) is 4.71. The molecule has 44 valence electrons. The van der Waals surface area contributed by atoms with Crippen LogP contribution >= 0.6 is 0 Å². The monoisotopic (exact) mass is 96.1 g/mol. The van der Waals surface area contributed by atoms with Crippen molar-refractivity contribution in [1.82, 2.24) is 0 Å². The fourth-order valence-corrected chi connectivity index (χ4v) is 0. The first-order chi connectivity index (χ1) is 2.41. The average Bonchev–Trinajstić information content (AvgIpc) is 1.46. The van der Waals surface area contributed by atoms with Crippen LogP contribution in [-0.2, 0) is 4.74 Å². The van der Waals surface area contributed by atoms with E-state index in [1.54, 1.807) is 14.2 Å². The van der Waals surface area contributed by atoms with Crippen molar-refractivity contribution in [2.45, 2.75) is 7.43 Å². The van der Waals surface area contributed by atoms with Gasteiger partial charge in [-0.05, 0) is 0 Å². The lowest BCUT2D eigenvalue weighted by Crippen LogP contribution is -1.55. The van der Waals surface area contributed by atoms with E-state index in [1.807, 2.05) is 0 Å². The normalized spacial score (nSPS) is 4.00. The molecule has 0 heterocycles. The summed E-state index contributed by atoms with van der Waals surface area (Å²) in [7, 11) is 4.25. The Kier molecular flexibility index (Phi) is 250. The van der Waals surface area contributed by atoms with Gasteiger partial charge in [-0.2, -0.15) is 0 Å². The molecule has 0 saturated carbocycles. The Morgan fingerprint density at radius 3 is 1.33 bits per heavy atom. The summed E-state index contributed by atoms with van der Waals surface area (Å²) in [5.41, 5.74) is 0. The third-order valence-corrected chi connectivity index (χ3v) is 0. The second kappa shape index (κ2) is 89.3. The van der Waals surface area contributed by atoms with Crippen molar-refractivity contribution in [3.63, 3.8) is 0 Å². The van der Waals surface area contributed by atoms with E-state index in [-0.39, 0.29) is 8.85 Å². The smallest absolute Gasteiger partial charge is 0.0351 e. The van der Waals surface area contributed by atoms with Gasteiger partial charge in [-0.25, -0.2) is 0 Å². The second-order valence-corrected chi connectivity index (χ2v) is 0.408. The molecule has 1 N–H and O–H groups in total. The average molecular weight is 96.2 g/mol. The molecule has 0 aromatic heterocycles. The molecule has 0 atom stereocenters. The highest BCUT2D eigenvalue weighted by atomic mass is 16.4. The van der Waals surface area contributed by atoms with E-state index in [2.05, 4.69) is 4.74 Å². The summed E-state index contributed by atoms with van der Waals surface area (Å²) in [5, 5.41) is 7.00. The Balaban J connectivity index is -0.0000000105. The van der Waals surface area contributed by atoms with E-state index in [9.17, 15) is 0 Å². The molecule has 2 nitrogen and oxygen atoms in total. The van der Waals surface area contributed by atoms with Gasteiger partial charge in [0, 0.05) is 22.8 Å². The Morgan fingerprint density at radius 2 is 1.33 bits per heavy atom. The standard InChI is InChI=1S/C2H6O.CH4O.CH4.H2/c1-3-2;1-2;;/h1-2H3;2H,1H3;1H4;1H. The quantitative estimate of drug-likeness (QED) is 0.482. The summed E-state index contributed by atoms with van der Waals surface area (Å²) >= 11 is 0. The van der Waals surface area contributed by atoms with Crippen molar-refractivity contribution < 1.29 is 11.3 Å². The number of aliphatic hydroxyl groups excluding tert-OH is 1. The molecule has 0 aliphatic rings. The van der Waals surface area contributed by atoms with Crippen molar-refractivity contribution >= 4 is 0 Å². The maximum Gasteiger partial charge on any atom is 0.0351 e. The van der Waals surface area contributed by atoms with Crippen LogP contribution in [0.25, 0.3) is 0 Å². The minimum atomic E-state index is 0. The van der Waals surface area contributed by atoms with E-state index in [1.165, 1.54) is 0 Å². The van der Waals surface area contributed by atoms with Gasteiger partial charge in [0.2, 0.25) is 0 Å². The summed E-state index contributed by atoms with van der Waals surface area (Å²) in [5.74, 6) is 0. The number of hydrogen-bond acceptors (Lipinski definition) is 2. The minimum absolute atomic E-state index is 0. The largest absolute Gasteiger partial charge is 0.400 e. The van der Waals surface area contributed by atoms with E-state index in [0.29, 0.717) is 0 Å². The molecular formula is C4H16O2. The molecule has 2 heteroatoms. The highest BCUT2D eigenvalue weighted by Gasteiger charge is 1.25. The highest BCUT2D eigenvalue weighted by Crippen LogP contribution is 1.28. The predicted molar refractivity (Wildman–Crippen MR) is 29.9 cm³/mol. The zero-order valence-electron chi connectivity index (χ0n) is 3.86. The van der Waals surface area contributed by atoms with Gasteiger partial charge in [-0.1, -0.05) is 7.43 Å². The van der Waals surface area contributed by atoms with Gasteiger partial charge in [-0.15, -0.1) is 0 Å². The second-order valence-electron chi connectivity index (χ2n) is 0.408. The maximum atomic E-state index is 7.00. The van der Waals surface area contributed by atoms with Crippen LogP contribution in [0.15, 0.2) is 0 Å². The SMILES string of the molecule is C.CO.COC.[HH]. The number of aliphatic hydroxyl groups is 1. The van der Waals surface area contributed by atoms with Crippen LogP contribution in [-0.4, -0.2) is 26.4 Å². The molecule has 0 amide bonds. The van der Waals surface area contributed by atoms with Crippen molar-refractivity contribution in [2.24, 2.45) is 0 Å². The maximum absolute atomic E-state index is 7.00. The fraction of sp³-hybridized carbons (Fsp3) is 1.00. The van der Waals surface area contributed by atoms with E-state index < -0.39 is 0 Å². The highest BCUT2D eigenvalue weighted by molar-refractivity contribution is 3.56. The lowest BCUT2D eigenvalue weighted by molar-refractivity contribution is 0.277. The van der Waals surface area contributed by atoms with Crippen LogP contribution in [0.1, 0.15) is 8.85 Å². The number of rotatable bonds is 0. The molecule has 6 heavy (non-hydrogen) atoms. The van der Waals surface area contributed by atoms with Gasteiger partial charge in [0.1, 0.15) is 0 Å². The molecule has 0 bridgehead atoms. The number of methoxy groups -OCH3 is 1. The molecule has 0 aliphatic carbocycles. The Labute approximate surface area is 41.2 Å². The van der Waals surface area contributed by atoms with E-state index >= 15 is 0 Å².